The van der Waals surface area contributed by atoms with Gasteiger partial charge in [0, 0.05) is 16.8 Å². The fourth-order valence-electron chi connectivity index (χ4n) is 1.98. The van der Waals surface area contributed by atoms with Gasteiger partial charge in [-0.05, 0) is 43.2 Å². The Kier molecular flexibility index (Phi) is 5.02. The van der Waals surface area contributed by atoms with Gasteiger partial charge in [-0.2, -0.15) is 0 Å². The third-order valence-corrected chi connectivity index (χ3v) is 3.08. The Balaban J connectivity index is 1.85. The van der Waals surface area contributed by atoms with Crippen molar-refractivity contribution in [2.75, 3.05) is 5.32 Å². The molecule has 0 saturated carbocycles. The number of anilines is 1. The Hall–Kier alpha value is -2.00. The van der Waals surface area contributed by atoms with E-state index < -0.39 is 0 Å². The maximum absolute atomic E-state index is 11.8. The molecule has 0 aliphatic heterocycles. The van der Waals surface area contributed by atoms with Gasteiger partial charge in [-0.3, -0.25) is 0 Å². The van der Waals surface area contributed by atoms with E-state index in [0.717, 1.165) is 17.7 Å². The topological polar surface area (TPSA) is 41.1 Å². The lowest BCUT2D eigenvalue weighted by atomic mass is 10.1. The number of hydrogen-bond acceptors (Lipinski definition) is 1. The fourth-order valence-corrected chi connectivity index (χ4v) is 2.19. The van der Waals surface area contributed by atoms with Crippen molar-refractivity contribution >= 4 is 23.3 Å². The predicted molar refractivity (Wildman–Crippen MR) is 83.2 cm³/mol. The fraction of sp³-hybridized carbons (Fsp3) is 0.188. The molecule has 0 heterocycles. The molecular weight excluding hydrogens is 272 g/mol. The van der Waals surface area contributed by atoms with Crippen molar-refractivity contribution in [1.29, 1.82) is 0 Å². The summed E-state index contributed by atoms with van der Waals surface area (Å²) in [7, 11) is 0. The first-order valence-electron chi connectivity index (χ1n) is 6.50. The van der Waals surface area contributed by atoms with Gasteiger partial charge < -0.3 is 10.6 Å². The van der Waals surface area contributed by atoms with Crippen LogP contribution < -0.4 is 10.6 Å². The molecule has 2 aromatic carbocycles. The molecule has 4 heteroatoms. The van der Waals surface area contributed by atoms with Crippen molar-refractivity contribution < 1.29 is 4.79 Å². The van der Waals surface area contributed by atoms with E-state index in [2.05, 4.69) is 10.6 Å². The second-order valence-corrected chi connectivity index (χ2v) is 5.14. The summed E-state index contributed by atoms with van der Waals surface area (Å²) in [5.74, 6) is 0. The van der Waals surface area contributed by atoms with Gasteiger partial charge in [0.2, 0.25) is 0 Å². The molecule has 0 fully saturated rings. The van der Waals surface area contributed by atoms with E-state index in [9.17, 15) is 4.79 Å². The first-order chi connectivity index (χ1) is 9.63. The number of carbonyl (C=O) groups excluding carboxylic acids is 1. The highest BCUT2D eigenvalue weighted by Crippen LogP contribution is 2.12. The molecular formula is C16H17ClN2O. The van der Waals surface area contributed by atoms with Gasteiger partial charge in [-0.1, -0.05) is 41.9 Å². The lowest BCUT2D eigenvalue weighted by molar-refractivity contribution is 0.249. The number of rotatable bonds is 4. The zero-order valence-electron chi connectivity index (χ0n) is 11.3. The number of urea groups is 1. The Labute approximate surface area is 124 Å². The van der Waals surface area contributed by atoms with Gasteiger partial charge in [0.1, 0.15) is 0 Å². The van der Waals surface area contributed by atoms with Crippen LogP contribution in [0.15, 0.2) is 54.6 Å². The van der Waals surface area contributed by atoms with Crippen LogP contribution in [0.4, 0.5) is 10.5 Å². The molecule has 3 nitrogen and oxygen atoms in total. The number of hydrogen-bond donors (Lipinski definition) is 2. The summed E-state index contributed by atoms with van der Waals surface area (Å²) in [6, 6.07) is 16.8. The Morgan fingerprint density at radius 3 is 2.60 bits per heavy atom. The minimum Gasteiger partial charge on any atom is -0.335 e. The number of nitrogens with one attached hydrogen (secondary N) is 2. The standard InChI is InChI=1S/C16H17ClN2O/c1-12(10-13-6-5-7-14(17)11-13)18-16(20)19-15-8-3-2-4-9-15/h2-9,11-12H,10H2,1H3,(H2,18,19,20)/t12-/m0/s1. The number of para-hydroxylation sites is 1. The average molecular weight is 289 g/mol. The molecule has 0 bridgehead atoms. The number of halogens is 1. The van der Waals surface area contributed by atoms with Crippen LogP contribution in [0.1, 0.15) is 12.5 Å². The van der Waals surface area contributed by atoms with Crippen molar-refractivity contribution in [3.05, 3.63) is 65.2 Å². The molecule has 0 radical (unpaired) electrons. The van der Waals surface area contributed by atoms with Crippen molar-refractivity contribution in [3.63, 3.8) is 0 Å². The van der Waals surface area contributed by atoms with E-state index in [1.165, 1.54) is 0 Å². The highest BCUT2D eigenvalue weighted by atomic mass is 35.5. The van der Waals surface area contributed by atoms with Crippen LogP contribution in [0.3, 0.4) is 0 Å². The minimum absolute atomic E-state index is 0.0252. The summed E-state index contributed by atoms with van der Waals surface area (Å²) in [5, 5.41) is 6.41. The van der Waals surface area contributed by atoms with Gasteiger partial charge in [0.25, 0.3) is 0 Å². The number of amides is 2. The summed E-state index contributed by atoms with van der Waals surface area (Å²) in [5.41, 5.74) is 1.88. The SMILES string of the molecule is C[C@@H](Cc1cccc(Cl)c1)NC(=O)Nc1ccccc1. The quantitative estimate of drug-likeness (QED) is 0.874. The van der Waals surface area contributed by atoms with Gasteiger partial charge in [-0.15, -0.1) is 0 Å². The van der Waals surface area contributed by atoms with Crippen molar-refractivity contribution in [3.8, 4) is 0 Å². The monoisotopic (exact) mass is 288 g/mol. The summed E-state index contributed by atoms with van der Waals surface area (Å²) < 4.78 is 0. The van der Waals surface area contributed by atoms with Crippen molar-refractivity contribution in [2.24, 2.45) is 0 Å². The van der Waals surface area contributed by atoms with Crippen LogP contribution in [-0.2, 0) is 6.42 Å². The molecule has 20 heavy (non-hydrogen) atoms. The van der Waals surface area contributed by atoms with E-state index >= 15 is 0 Å². The first kappa shape index (κ1) is 14.4. The zero-order valence-corrected chi connectivity index (χ0v) is 12.0. The van der Waals surface area contributed by atoms with E-state index in [1.807, 2.05) is 61.5 Å². The maximum atomic E-state index is 11.8. The molecule has 2 amide bonds. The van der Waals surface area contributed by atoms with Gasteiger partial charge in [-0.25, -0.2) is 4.79 Å². The van der Waals surface area contributed by atoms with Gasteiger partial charge in [0.05, 0.1) is 0 Å². The van der Waals surface area contributed by atoms with Crippen LogP contribution in [0.2, 0.25) is 5.02 Å². The molecule has 2 rings (SSSR count). The molecule has 0 unspecified atom stereocenters. The van der Waals surface area contributed by atoms with E-state index in [1.54, 1.807) is 0 Å². The second kappa shape index (κ2) is 6.96. The van der Waals surface area contributed by atoms with Crippen LogP contribution >= 0.6 is 11.6 Å². The summed E-state index contributed by atoms with van der Waals surface area (Å²) >= 11 is 5.94. The van der Waals surface area contributed by atoms with E-state index in [4.69, 9.17) is 11.6 Å². The Bertz CT molecular complexity index is 572. The lowest BCUT2D eigenvalue weighted by Gasteiger charge is -2.15. The highest BCUT2D eigenvalue weighted by molar-refractivity contribution is 6.30. The number of benzene rings is 2. The van der Waals surface area contributed by atoms with Crippen LogP contribution in [0.25, 0.3) is 0 Å². The normalized spacial score (nSPS) is 11.7. The average Bonchev–Trinajstić information content (AvgIpc) is 2.39. The summed E-state index contributed by atoms with van der Waals surface area (Å²) in [6.07, 6.45) is 0.739. The third kappa shape index (κ3) is 4.59. The van der Waals surface area contributed by atoms with Gasteiger partial charge in [0.15, 0.2) is 0 Å². The summed E-state index contributed by atoms with van der Waals surface area (Å²) in [4.78, 5) is 11.8. The van der Waals surface area contributed by atoms with E-state index in [0.29, 0.717) is 5.02 Å². The van der Waals surface area contributed by atoms with Gasteiger partial charge >= 0.3 is 6.03 Å². The molecule has 104 valence electrons. The largest absolute Gasteiger partial charge is 0.335 e. The predicted octanol–water partition coefficient (Wildman–Crippen LogP) is 4.09. The summed E-state index contributed by atoms with van der Waals surface area (Å²) in [6.45, 7) is 1.96. The third-order valence-electron chi connectivity index (χ3n) is 2.84. The lowest BCUT2D eigenvalue weighted by Crippen LogP contribution is -2.37. The molecule has 0 saturated heterocycles. The Morgan fingerprint density at radius 2 is 1.90 bits per heavy atom. The Morgan fingerprint density at radius 1 is 1.15 bits per heavy atom. The molecule has 0 aliphatic carbocycles. The smallest absolute Gasteiger partial charge is 0.319 e. The molecule has 0 aromatic heterocycles. The molecule has 1 atom stereocenters. The van der Waals surface area contributed by atoms with Crippen LogP contribution in [0, 0.1) is 0 Å². The minimum atomic E-state index is -0.203. The highest BCUT2D eigenvalue weighted by Gasteiger charge is 2.08. The van der Waals surface area contributed by atoms with Crippen LogP contribution in [0.5, 0.6) is 0 Å². The van der Waals surface area contributed by atoms with Crippen molar-refractivity contribution in [1.82, 2.24) is 5.32 Å². The maximum Gasteiger partial charge on any atom is 0.319 e. The van der Waals surface area contributed by atoms with Crippen molar-refractivity contribution in [2.45, 2.75) is 19.4 Å². The van der Waals surface area contributed by atoms with E-state index in [-0.39, 0.29) is 12.1 Å². The second-order valence-electron chi connectivity index (χ2n) is 4.70. The molecule has 2 N–H and O–H groups in total. The van der Waals surface area contributed by atoms with Crippen LogP contribution in [-0.4, -0.2) is 12.1 Å². The zero-order chi connectivity index (χ0) is 14.4. The molecule has 0 aliphatic rings. The molecule has 2 aromatic rings. The molecule has 0 spiro atoms. The number of carbonyl (C=O) groups is 1. The first-order valence-corrected chi connectivity index (χ1v) is 6.88.